The van der Waals surface area contributed by atoms with Crippen LogP contribution < -0.4 is 5.32 Å². The number of rotatable bonds is 3. The van der Waals surface area contributed by atoms with E-state index in [4.69, 9.17) is 0 Å². The Bertz CT molecular complexity index is 606. The Morgan fingerprint density at radius 2 is 1.81 bits per heavy atom. The van der Waals surface area contributed by atoms with Crippen molar-refractivity contribution < 1.29 is 14.4 Å². The summed E-state index contributed by atoms with van der Waals surface area (Å²) in [7, 11) is 0. The average molecular weight is 351 g/mol. The fourth-order valence-electron chi connectivity index (χ4n) is 3.01. The van der Waals surface area contributed by atoms with E-state index < -0.39 is 11.6 Å². The van der Waals surface area contributed by atoms with Crippen LogP contribution in [0.3, 0.4) is 0 Å². The molecule has 1 saturated carbocycles. The van der Waals surface area contributed by atoms with Gasteiger partial charge in [0.05, 0.1) is 6.54 Å². The lowest BCUT2D eigenvalue weighted by atomic mass is 9.98. The van der Waals surface area contributed by atoms with Crippen LogP contribution in [0.4, 0.5) is 4.79 Å². The fraction of sp³-hybridized carbons (Fsp3) is 0.400. The Kier molecular flexibility index (Phi) is 3.57. The third-order valence-corrected chi connectivity index (χ3v) is 4.70. The minimum absolute atomic E-state index is 0.200. The molecule has 1 aliphatic heterocycles. The van der Waals surface area contributed by atoms with Gasteiger partial charge in [0, 0.05) is 10.0 Å². The lowest BCUT2D eigenvalue weighted by Crippen LogP contribution is -2.44. The molecule has 3 rings (SSSR count). The zero-order chi connectivity index (χ0) is 15.0. The van der Waals surface area contributed by atoms with Crippen molar-refractivity contribution in [3.05, 3.63) is 34.3 Å². The molecular formula is C15H15BrN2O3. The highest BCUT2D eigenvalue weighted by molar-refractivity contribution is 9.10. The Hall–Kier alpha value is -1.69. The molecule has 0 radical (unpaired) electrons. The Labute approximate surface area is 130 Å². The molecule has 1 heterocycles. The first kappa shape index (κ1) is 14.3. The first-order chi connectivity index (χ1) is 10.0. The third-order valence-electron chi connectivity index (χ3n) is 4.17. The predicted octanol–water partition coefficient (Wildman–Crippen LogP) is 2.50. The van der Waals surface area contributed by atoms with Crippen molar-refractivity contribution in [2.24, 2.45) is 0 Å². The summed E-state index contributed by atoms with van der Waals surface area (Å²) < 4.78 is 0.874. The number of ketones is 1. The van der Waals surface area contributed by atoms with Crippen LogP contribution in [0.5, 0.6) is 0 Å². The second kappa shape index (κ2) is 5.26. The van der Waals surface area contributed by atoms with Crippen LogP contribution in [-0.2, 0) is 4.79 Å². The summed E-state index contributed by atoms with van der Waals surface area (Å²) in [4.78, 5) is 37.7. The second-order valence-electron chi connectivity index (χ2n) is 5.54. The average Bonchev–Trinajstić information content (AvgIpc) is 3.01. The van der Waals surface area contributed by atoms with E-state index in [2.05, 4.69) is 21.2 Å². The molecule has 21 heavy (non-hydrogen) atoms. The van der Waals surface area contributed by atoms with E-state index >= 15 is 0 Å². The number of amides is 3. The largest absolute Gasteiger partial charge is 0.325 e. The van der Waals surface area contributed by atoms with Crippen molar-refractivity contribution in [1.29, 1.82) is 0 Å². The van der Waals surface area contributed by atoms with Gasteiger partial charge in [0.15, 0.2) is 5.78 Å². The summed E-state index contributed by atoms with van der Waals surface area (Å²) in [5.41, 5.74) is -0.261. The molecule has 2 fully saturated rings. The van der Waals surface area contributed by atoms with E-state index in [0.717, 1.165) is 22.2 Å². The molecule has 1 spiro atoms. The number of halogens is 1. The number of Topliss-reactive ketones (excluding diaryl/α,β-unsaturated/α-hetero) is 1. The summed E-state index contributed by atoms with van der Waals surface area (Å²) in [5, 5.41) is 2.77. The number of imide groups is 1. The number of hydrogen-bond donors (Lipinski definition) is 1. The maximum atomic E-state index is 12.4. The molecule has 1 aromatic carbocycles. The summed E-state index contributed by atoms with van der Waals surface area (Å²) >= 11 is 3.30. The van der Waals surface area contributed by atoms with Crippen molar-refractivity contribution in [2.45, 2.75) is 31.2 Å². The minimum atomic E-state index is -0.753. The van der Waals surface area contributed by atoms with E-state index in [1.54, 1.807) is 24.3 Å². The standard InChI is InChI=1S/C15H15BrN2O3/c16-11-5-3-10(4-6-11)12(19)9-18-13(20)15(17-14(18)21)7-1-2-8-15/h3-6H,1-2,7-9H2,(H,17,21). The molecule has 0 unspecified atom stereocenters. The van der Waals surface area contributed by atoms with Crippen molar-refractivity contribution in [3.8, 4) is 0 Å². The molecule has 3 amide bonds. The summed E-state index contributed by atoms with van der Waals surface area (Å²) in [6, 6.07) is 6.43. The monoisotopic (exact) mass is 350 g/mol. The van der Waals surface area contributed by atoms with Crippen LogP contribution >= 0.6 is 15.9 Å². The van der Waals surface area contributed by atoms with Gasteiger partial charge in [0.1, 0.15) is 5.54 Å². The quantitative estimate of drug-likeness (QED) is 0.672. The van der Waals surface area contributed by atoms with Crippen LogP contribution in [0.25, 0.3) is 0 Å². The van der Waals surface area contributed by atoms with E-state index in [0.29, 0.717) is 18.4 Å². The van der Waals surface area contributed by atoms with Crippen LogP contribution in [-0.4, -0.2) is 34.7 Å². The van der Waals surface area contributed by atoms with Gasteiger partial charge in [-0.05, 0) is 25.0 Å². The number of benzene rings is 1. The van der Waals surface area contributed by atoms with Crippen molar-refractivity contribution >= 4 is 33.7 Å². The van der Waals surface area contributed by atoms with Gasteiger partial charge in [-0.25, -0.2) is 4.79 Å². The van der Waals surface area contributed by atoms with Gasteiger partial charge < -0.3 is 5.32 Å². The molecule has 0 atom stereocenters. The Morgan fingerprint density at radius 1 is 1.19 bits per heavy atom. The van der Waals surface area contributed by atoms with Crippen LogP contribution in [0.2, 0.25) is 0 Å². The van der Waals surface area contributed by atoms with Gasteiger partial charge in [-0.15, -0.1) is 0 Å². The minimum Gasteiger partial charge on any atom is -0.323 e. The van der Waals surface area contributed by atoms with Crippen molar-refractivity contribution in [2.75, 3.05) is 6.54 Å². The van der Waals surface area contributed by atoms with Crippen molar-refractivity contribution in [1.82, 2.24) is 10.2 Å². The van der Waals surface area contributed by atoms with Gasteiger partial charge in [-0.3, -0.25) is 14.5 Å². The highest BCUT2D eigenvalue weighted by Gasteiger charge is 2.52. The maximum absolute atomic E-state index is 12.4. The molecular weight excluding hydrogens is 336 g/mol. The van der Waals surface area contributed by atoms with Crippen LogP contribution in [0, 0.1) is 0 Å². The number of carbonyl (C=O) groups is 3. The summed E-state index contributed by atoms with van der Waals surface area (Å²) in [5.74, 6) is -0.489. The fourth-order valence-corrected chi connectivity index (χ4v) is 3.27. The SMILES string of the molecule is O=C(CN1C(=O)NC2(CCCC2)C1=O)c1ccc(Br)cc1. The zero-order valence-electron chi connectivity index (χ0n) is 11.4. The van der Waals surface area contributed by atoms with E-state index in [9.17, 15) is 14.4 Å². The number of hydrogen-bond acceptors (Lipinski definition) is 3. The van der Waals surface area contributed by atoms with E-state index in [1.807, 2.05) is 0 Å². The first-order valence-electron chi connectivity index (χ1n) is 6.95. The lowest BCUT2D eigenvalue weighted by molar-refractivity contribution is -0.130. The smallest absolute Gasteiger partial charge is 0.323 e. The molecule has 1 N–H and O–H groups in total. The van der Waals surface area contributed by atoms with Gasteiger partial charge in [0.2, 0.25) is 0 Å². The highest BCUT2D eigenvalue weighted by atomic mass is 79.9. The third kappa shape index (κ3) is 2.48. The van der Waals surface area contributed by atoms with Crippen LogP contribution in [0.1, 0.15) is 36.0 Å². The van der Waals surface area contributed by atoms with E-state index in [-0.39, 0.29) is 18.2 Å². The maximum Gasteiger partial charge on any atom is 0.325 e. The zero-order valence-corrected chi connectivity index (χ0v) is 13.0. The second-order valence-corrected chi connectivity index (χ2v) is 6.46. The molecule has 1 saturated heterocycles. The molecule has 2 aliphatic rings. The number of nitrogens with zero attached hydrogens (tertiary/aromatic N) is 1. The molecule has 6 heteroatoms. The van der Waals surface area contributed by atoms with Gasteiger partial charge in [-0.1, -0.05) is 40.9 Å². The molecule has 1 aliphatic carbocycles. The van der Waals surface area contributed by atoms with Gasteiger partial charge in [0.25, 0.3) is 5.91 Å². The molecule has 0 bridgehead atoms. The Balaban J connectivity index is 1.75. The summed E-state index contributed by atoms with van der Waals surface area (Å²) in [6.07, 6.45) is 3.20. The van der Waals surface area contributed by atoms with E-state index in [1.165, 1.54) is 0 Å². The summed E-state index contributed by atoms with van der Waals surface area (Å²) in [6.45, 7) is -0.200. The van der Waals surface area contributed by atoms with Crippen LogP contribution in [0.15, 0.2) is 28.7 Å². The predicted molar refractivity (Wildman–Crippen MR) is 79.9 cm³/mol. The Morgan fingerprint density at radius 3 is 2.43 bits per heavy atom. The topological polar surface area (TPSA) is 66.5 Å². The molecule has 5 nitrogen and oxygen atoms in total. The van der Waals surface area contributed by atoms with Gasteiger partial charge in [-0.2, -0.15) is 0 Å². The molecule has 110 valence electrons. The van der Waals surface area contributed by atoms with Gasteiger partial charge >= 0.3 is 6.03 Å². The normalized spacial score (nSPS) is 20.1. The number of urea groups is 1. The number of nitrogens with one attached hydrogen (secondary N) is 1. The molecule has 1 aromatic rings. The molecule has 0 aromatic heterocycles. The lowest BCUT2D eigenvalue weighted by Gasteiger charge is -2.19. The number of carbonyl (C=O) groups excluding carboxylic acids is 3. The van der Waals surface area contributed by atoms with Crippen molar-refractivity contribution in [3.63, 3.8) is 0 Å². The highest BCUT2D eigenvalue weighted by Crippen LogP contribution is 2.35. The first-order valence-corrected chi connectivity index (χ1v) is 7.74.